The summed E-state index contributed by atoms with van der Waals surface area (Å²) < 4.78 is 20.0. The Morgan fingerprint density at radius 2 is 1.97 bits per heavy atom. The van der Waals surface area contributed by atoms with Crippen molar-refractivity contribution in [1.29, 1.82) is 0 Å². The molecule has 0 N–H and O–H groups in total. The second-order valence-electron chi connectivity index (χ2n) is 7.45. The van der Waals surface area contributed by atoms with Crippen LogP contribution in [0.4, 0.5) is 10.3 Å². The van der Waals surface area contributed by atoms with Gasteiger partial charge >= 0.3 is 5.97 Å². The minimum atomic E-state index is -0.570. The van der Waals surface area contributed by atoms with Crippen molar-refractivity contribution in [2.75, 3.05) is 44.7 Å². The van der Waals surface area contributed by atoms with E-state index < -0.39 is 11.8 Å². The minimum absolute atomic E-state index is 0.0858. The summed E-state index contributed by atoms with van der Waals surface area (Å²) in [6, 6.07) is 8.74. The number of rotatable bonds is 5. The van der Waals surface area contributed by atoms with Gasteiger partial charge in [0.2, 0.25) is 5.95 Å². The predicted molar refractivity (Wildman–Crippen MR) is 122 cm³/mol. The fourth-order valence-electron chi connectivity index (χ4n) is 3.80. The molecule has 0 saturated carbocycles. The maximum Gasteiger partial charge on any atom is 0.337 e. The average Bonchev–Trinajstić information content (AvgIpc) is 2.81. The first-order chi connectivity index (χ1) is 15.4. The van der Waals surface area contributed by atoms with Crippen molar-refractivity contribution in [2.45, 2.75) is 0 Å². The zero-order valence-corrected chi connectivity index (χ0v) is 18.3. The highest BCUT2D eigenvalue weighted by Crippen LogP contribution is 2.24. The van der Waals surface area contributed by atoms with Crippen LogP contribution in [0.15, 0.2) is 53.8 Å². The quantitative estimate of drug-likeness (QED) is 0.433. The number of piperazine rings is 1. The first-order valence-corrected chi connectivity index (χ1v) is 10.5. The number of aromatic nitrogens is 2. The molecule has 1 aliphatic rings. The molecule has 2 heterocycles. The molecule has 0 spiro atoms. The summed E-state index contributed by atoms with van der Waals surface area (Å²) >= 11 is 6.01. The molecule has 0 amide bonds. The van der Waals surface area contributed by atoms with Crippen LogP contribution in [0.2, 0.25) is 5.02 Å². The number of methoxy groups -OCH3 is 1. The first-order valence-electron chi connectivity index (χ1n) is 10.1. The summed E-state index contributed by atoms with van der Waals surface area (Å²) in [5.41, 5.74) is 0.760. The van der Waals surface area contributed by atoms with E-state index in [1.807, 2.05) is 11.0 Å². The van der Waals surface area contributed by atoms with Crippen molar-refractivity contribution < 1.29 is 13.9 Å². The number of anilines is 1. The number of hydrogen-bond acceptors (Lipinski definition) is 6. The maximum atomic E-state index is 13.8. The van der Waals surface area contributed by atoms with Crippen molar-refractivity contribution in [1.82, 2.24) is 14.5 Å². The number of nitrogens with zero attached hydrogens (tertiary/aromatic N) is 4. The van der Waals surface area contributed by atoms with Gasteiger partial charge in [-0.2, -0.15) is 0 Å². The fraction of sp³-hybridized carbons (Fsp3) is 0.261. The van der Waals surface area contributed by atoms with Gasteiger partial charge in [0.15, 0.2) is 0 Å². The van der Waals surface area contributed by atoms with E-state index in [0.717, 1.165) is 19.6 Å². The summed E-state index contributed by atoms with van der Waals surface area (Å²) in [7, 11) is 1.30. The van der Waals surface area contributed by atoms with Crippen LogP contribution in [0.3, 0.4) is 0 Å². The monoisotopic (exact) mass is 456 g/mol. The van der Waals surface area contributed by atoms with Gasteiger partial charge in [0.25, 0.3) is 5.56 Å². The molecule has 32 heavy (non-hydrogen) atoms. The highest BCUT2D eigenvalue weighted by Gasteiger charge is 2.23. The lowest BCUT2D eigenvalue weighted by Crippen LogP contribution is -2.48. The molecule has 166 valence electrons. The third-order valence-electron chi connectivity index (χ3n) is 5.48. The van der Waals surface area contributed by atoms with Crippen molar-refractivity contribution >= 4 is 34.4 Å². The van der Waals surface area contributed by atoms with Gasteiger partial charge < -0.3 is 9.64 Å². The number of esters is 1. The second kappa shape index (κ2) is 9.10. The van der Waals surface area contributed by atoms with Gasteiger partial charge in [-0.25, -0.2) is 18.7 Å². The van der Waals surface area contributed by atoms with E-state index >= 15 is 0 Å². The van der Waals surface area contributed by atoms with Crippen LogP contribution in [-0.4, -0.2) is 60.3 Å². The SMILES string of the molecule is C=CCN1CCN(c2nc3cc(C(=O)OC)ccc3c(=O)n2-c2ccc(F)c(Cl)c2)CC1. The third-order valence-corrected chi connectivity index (χ3v) is 5.77. The van der Waals surface area contributed by atoms with Crippen LogP contribution in [0, 0.1) is 5.82 Å². The van der Waals surface area contributed by atoms with E-state index in [2.05, 4.69) is 11.5 Å². The molecule has 4 rings (SSSR count). The Morgan fingerprint density at radius 1 is 1.22 bits per heavy atom. The average molecular weight is 457 g/mol. The molecule has 1 aromatic heterocycles. The summed E-state index contributed by atoms with van der Waals surface area (Å²) in [5, 5.41) is 0.240. The molecule has 3 aromatic rings. The molecule has 7 nitrogen and oxygen atoms in total. The molecule has 1 aliphatic heterocycles. The Kier molecular flexibility index (Phi) is 6.25. The third kappa shape index (κ3) is 4.11. The number of ether oxygens (including phenoxy) is 1. The van der Waals surface area contributed by atoms with Crippen molar-refractivity contribution in [2.24, 2.45) is 0 Å². The van der Waals surface area contributed by atoms with Gasteiger partial charge in [0.1, 0.15) is 5.82 Å². The molecule has 0 bridgehead atoms. The largest absolute Gasteiger partial charge is 0.465 e. The Morgan fingerprint density at radius 3 is 2.62 bits per heavy atom. The van der Waals surface area contributed by atoms with Gasteiger partial charge in [0, 0.05) is 32.7 Å². The molecule has 1 saturated heterocycles. The lowest BCUT2D eigenvalue weighted by atomic mass is 10.1. The number of benzene rings is 2. The van der Waals surface area contributed by atoms with Gasteiger partial charge in [0.05, 0.1) is 34.3 Å². The summed E-state index contributed by atoms with van der Waals surface area (Å²) in [4.78, 5) is 34.5. The van der Waals surface area contributed by atoms with E-state index in [1.54, 1.807) is 12.1 Å². The van der Waals surface area contributed by atoms with Gasteiger partial charge in [-0.15, -0.1) is 6.58 Å². The van der Waals surface area contributed by atoms with E-state index in [4.69, 9.17) is 21.3 Å². The minimum Gasteiger partial charge on any atom is -0.465 e. The highest BCUT2D eigenvalue weighted by atomic mass is 35.5. The van der Waals surface area contributed by atoms with Crippen molar-refractivity contribution in [3.63, 3.8) is 0 Å². The van der Waals surface area contributed by atoms with Crippen LogP contribution in [0.1, 0.15) is 10.4 Å². The molecule has 0 aliphatic carbocycles. The normalized spacial score (nSPS) is 14.5. The number of carbonyl (C=O) groups excluding carboxylic acids is 1. The standard InChI is InChI=1S/C23H22ClFN4O3/c1-3-8-27-9-11-28(12-10-27)23-26-20-13-15(22(31)32-2)4-6-17(20)21(30)29(23)16-5-7-19(25)18(24)14-16/h3-7,13-14H,1,8-12H2,2H3. The Bertz CT molecular complexity index is 1250. The number of fused-ring (bicyclic) bond motifs is 1. The van der Waals surface area contributed by atoms with Crippen molar-refractivity contribution in [3.05, 3.63) is 75.8 Å². The summed E-state index contributed by atoms with van der Waals surface area (Å²) in [5.74, 6) is -0.673. The number of halogens is 2. The van der Waals surface area contributed by atoms with Crippen LogP contribution >= 0.6 is 11.6 Å². The van der Waals surface area contributed by atoms with Gasteiger partial charge in [-0.1, -0.05) is 17.7 Å². The van der Waals surface area contributed by atoms with E-state index in [-0.39, 0.29) is 10.6 Å². The Hall–Kier alpha value is -3.23. The molecule has 2 aromatic carbocycles. The lowest BCUT2D eigenvalue weighted by Gasteiger charge is -2.35. The lowest BCUT2D eigenvalue weighted by molar-refractivity contribution is 0.0601. The van der Waals surface area contributed by atoms with Gasteiger partial charge in [-0.05, 0) is 36.4 Å². The predicted octanol–water partition coefficient (Wildman–Crippen LogP) is 3.27. The smallest absolute Gasteiger partial charge is 0.337 e. The van der Waals surface area contributed by atoms with Crippen LogP contribution < -0.4 is 10.5 Å². The molecular weight excluding hydrogens is 435 g/mol. The Balaban J connectivity index is 1.89. The molecule has 9 heteroatoms. The second-order valence-corrected chi connectivity index (χ2v) is 7.86. The van der Waals surface area contributed by atoms with E-state index in [0.29, 0.717) is 41.2 Å². The Labute approximate surface area is 189 Å². The maximum absolute atomic E-state index is 13.8. The van der Waals surface area contributed by atoms with Crippen LogP contribution in [0.25, 0.3) is 16.6 Å². The van der Waals surface area contributed by atoms with E-state index in [1.165, 1.54) is 35.9 Å². The number of hydrogen-bond donors (Lipinski definition) is 0. The van der Waals surface area contributed by atoms with Crippen LogP contribution in [-0.2, 0) is 4.74 Å². The molecule has 0 unspecified atom stereocenters. The summed E-state index contributed by atoms with van der Waals surface area (Å²) in [6.45, 7) is 7.37. The molecule has 1 fully saturated rings. The fourth-order valence-corrected chi connectivity index (χ4v) is 3.98. The number of carbonyl (C=O) groups is 1. The molecule has 0 radical (unpaired) electrons. The zero-order valence-electron chi connectivity index (χ0n) is 17.6. The molecular formula is C23H22ClFN4O3. The topological polar surface area (TPSA) is 67.7 Å². The van der Waals surface area contributed by atoms with Crippen molar-refractivity contribution in [3.8, 4) is 5.69 Å². The first kappa shape index (κ1) is 22.0. The summed E-state index contributed by atoms with van der Waals surface area (Å²) in [6.07, 6.45) is 1.86. The highest BCUT2D eigenvalue weighted by molar-refractivity contribution is 6.30. The van der Waals surface area contributed by atoms with E-state index in [9.17, 15) is 14.0 Å². The van der Waals surface area contributed by atoms with Gasteiger partial charge in [-0.3, -0.25) is 9.69 Å². The molecule has 0 atom stereocenters. The zero-order chi connectivity index (χ0) is 22.8. The van der Waals surface area contributed by atoms with Crippen LogP contribution in [0.5, 0.6) is 0 Å².